The largest absolute Gasteiger partial charge is 0.497 e. The lowest BCUT2D eigenvalue weighted by Gasteiger charge is -2.31. The van der Waals surface area contributed by atoms with Gasteiger partial charge in [-0.3, -0.25) is 9.59 Å². The van der Waals surface area contributed by atoms with Gasteiger partial charge in [0.25, 0.3) is 5.91 Å². The van der Waals surface area contributed by atoms with Crippen LogP contribution in [-0.4, -0.2) is 79.8 Å². The highest BCUT2D eigenvalue weighted by atomic mass is 16.5. The Morgan fingerprint density at radius 1 is 1.26 bits per heavy atom. The molecule has 1 aliphatic rings. The van der Waals surface area contributed by atoms with Crippen molar-refractivity contribution in [1.29, 1.82) is 0 Å². The summed E-state index contributed by atoms with van der Waals surface area (Å²) in [6.45, 7) is 5.40. The van der Waals surface area contributed by atoms with E-state index >= 15 is 0 Å². The summed E-state index contributed by atoms with van der Waals surface area (Å²) in [5, 5.41) is 15.4. The molecule has 3 heterocycles. The van der Waals surface area contributed by atoms with Gasteiger partial charge in [0.15, 0.2) is 0 Å². The second kappa shape index (κ2) is 10.3. The van der Waals surface area contributed by atoms with Crippen LogP contribution in [0.15, 0.2) is 30.3 Å². The van der Waals surface area contributed by atoms with Gasteiger partial charge in [-0.2, -0.15) is 4.80 Å². The number of amides is 2. The van der Waals surface area contributed by atoms with Crippen LogP contribution in [0, 0.1) is 6.92 Å². The molecule has 0 radical (unpaired) electrons. The van der Waals surface area contributed by atoms with Gasteiger partial charge in [0.2, 0.25) is 11.7 Å². The van der Waals surface area contributed by atoms with Crippen molar-refractivity contribution in [3.63, 3.8) is 0 Å². The second-order valence-corrected chi connectivity index (χ2v) is 7.85. The Bertz CT molecular complexity index is 1180. The molecule has 178 valence electrons. The molecule has 0 saturated carbocycles. The maximum Gasteiger partial charge on any atom is 0.270 e. The molecule has 12 nitrogen and oxygen atoms in total. The Kier molecular flexibility index (Phi) is 7.07. The van der Waals surface area contributed by atoms with Crippen molar-refractivity contribution in [3.05, 3.63) is 47.4 Å². The first kappa shape index (κ1) is 23.2. The molecule has 0 bridgehead atoms. The summed E-state index contributed by atoms with van der Waals surface area (Å²) in [7, 11) is 1.59. The zero-order valence-electron chi connectivity index (χ0n) is 19.3. The van der Waals surface area contributed by atoms with Gasteiger partial charge in [-0.25, -0.2) is 9.97 Å². The molecular weight excluding hydrogens is 440 g/mol. The van der Waals surface area contributed by atoms with E-state index in [1.165, 1.54) is 17.8 Å². The molecule has 1 aromatic carbocycles. The van der Waals surface area contributed by atoms with E-state index in [0.717, 1.165) is 5.56 Å². The number of tetrazole rings is 1. The lowest BCUT2D eigenvalue weighted by Crippen LogP contribution is -2.46. The lowest BCUT2D eigenvalue weighted by molar-refractivity contribution is -0.137. The third-order valence-corrected chi connectivity index (χ3v) is 5.29. The average molecular weight is 467 g/mol. The molecule has 1 atom stereocenters. The molecule has 1 unspecified atom stereocenters. The van der Waals surface area contributed by atoms with Crippen molar-refractivity contribution in [1.82, 2.24) is 40.4 Å². The van der Waals surface area contributed by atoms with Gasteiger partial charge in [0.05, 0.1) is 26.4 Å². The number of hydrogen-bond acceptors (Lipinski definition) is 9. The highest BCUT2D eigenvalue weighted by Gasteiger charge is 2.24. The fourth-order valence-electron chi connectivity index (χ4n) is 3.57. The van der Waals surface area contributed by atoms with E-state index in [9.17, 15) is 9.59 Å². The van der Waals surface area contributed by atoms with Crippen LogP contribution in [0.3, 0.4) is 0 Å². The summed E-state index contributed by atoms with van der Waals surface area (Å²) < 4.78 is 10.9. The molecule has 4 rings (SSSR count). The van der Waals surface area contributed by atoms with Gasteiger partial charge in [-0.15, -0.1) is 10.2 Å². The number of ether oxygens (including phenoxy) is 2. The number of nitrogens with zero attached hydrogens (tertiary/aromatic N) is 7. The van der Waals surface area contributed by atoms with Crippen molar-refractivity contribution in [2.45, 2.75) is 33.0 Å². The first-order valence-electron chi connectivity index (χ1n) is 10.8. The number of carbonyl (C=O) groups excluding carboxylic acids is 2. The van der Waals surface area contributed by atoms with E-state index in [1.807, 2.05) is 24.3 Å². The molecule has 2 aromatic heterocycles. The van der Waals surface area contributed by atoms with Crippen LogP contribution in [-0.2, 0) is 22.6 Å². The van der Waals surface area contributed by atoms with Gasteiger partial charge in [-0.05, 0) is 35.9 Å². The van der Waals surface area contributed by atoms with Gasteiger partial charge < -0.3 is 19.7 Å². The number of rotatable bonds is 7. The Hall–Kier alpha value is -3.93. The van der Waals surface area contributed by atoms with Gasteiger partial charge in [0.1, 0.15) is 23.0 Å². The predicted octanol–water partition coefficient (Wildman–Crippen LogP) is 0.624. The maximum absolute atomic E-state index is 12.7. The van der Waals surface area contributed by atoms with Crippen molar-refractivity contribution < 1.29 is 19.1 Å². The van der Waals surface area contributed by atoms with E-state index in [4.69, 9.17) is 9.47 Å². The summed E-state index contributed by atoms with van der Waals surface area (Å²) >= 11 is 0. The zero-order chi connectivity index (χ0) is 24.1. The third kappa shape index (κ3) is 5.70. The summed E-state index contributed by atoms with van der Waals surface area (Å²) in [5.41, 5.74) is 1.49. The SMILES string of the molecule is COc1cccc(CNC(=O)c2cc(-c3nnn(CC4CN(C(C)=O)CCO4)n3)nc(C)n2)c1. The molecule has 1 saturated heterocycles. The Morgan fingerprint density at radius 2 is 2.12 bits per heavy atom. The highest BCUT2D eigenvalue weighted by molar-refractivity contribution is 5.93. The van der Waals surface area contributed by atoms with E-state index < -0.39 is 0 Å². The predicted molar refractivity (Wildman–Crippen MR) is 120 cm³/mol. The third-order valence-electron chi connectivity index (χ3n) is 5.29. The molecule has 1 aliphatic heterocycles. The number of morpholine rings is 1. The summed E-state index contributed by atoms with van der Waals surface area (Å²) in [4.78, 5) is 36.1. The Morgan fingerprint density at radius 3 is 2.91 bits per heavy atom. The smallest absolute Gasteiger partial charge is 0.270 e. The zero-order valence-corrected chi connectivity index (χ0v) is 19.3. The molecule has 1 N–H and O–H groups in total. The number of hydrogen-bond donors (Lipinski definition) is 1. The standard InChI is InChI=1S/C22H26N8O4/c1-14-24-19(10-20(25-14)22(32)23-11-16-5-4-6-17(9-16)33-3)21-26-28-30(27-21)13-18-12-29(15(2)31)7-8-34-18/h4-6,9-10,18H,7-8,11-13H2,1-3H3,(H,23,32). The fourth-order valence-corrected chi connectivity index (χ4v) is 3.57. The number of methoxy groups -OCH3 is 1. The minimum atomic E-state index is -0.345. The summed E-state index contributed by atoms with van der Waals surface area (Å²) in [6, 6.07) is 8.98. The Balaban J connectivity index is 1.43. The molecule has 0 aliphatic carbocycles. The second-order valence-electron chi connectivity index (χ2n) is 7.85. The van der Waals surface area contributed by atoms with Crippen LogP contribution in [0.25, 0.3) is 11.5 Å². The quantitative estimate of drug-likeness (QED) is 0.531. The number of benzene rings is 1. The van der Waals surface area contributed by atoms with E-state index in [0.29, 0.717) is 50.1 Å². The minimum absolute atomic E-state index is 0.00852. The van der Waals surface area contributed by atoms with Gasteiger partial charge in [0, 0.05) is 26.6 Å². The molecule has 3 aromatic rings. The molecule has 0 spiro atoms. The summed E-state index contributed by atoms with van der Waals surface area (Å²) in [5.74, 6) is 1.06. The van der Waals surface area contributed by atoms with Crippen molar-refractivity contribution in [2.24, 2.45) is 0 Å². The number of aryl methyl sites for hydroxylation is 1. The van der Waals surface area contributed by atoms with Gasteiger partial charge >= 0.3 is 0 Å². The first-order valence-corrected chi connectivity index (χ1v) is 10.8. The molecule has 2 amide bonds. The fraction of sp³-hybridized carbons (Fsp3) is 0.409. The minimum Gasteiger partial charge on any atom is -0.497 e. The van der Waals surface area contributed by atoms with Crippen LogP contribution in [0.5, 0.6) is 5.75 Å². The maximum atomic E-state index is 12.7. The van der Waals surface area contributed by atoms with Gasteiger partial charge in [-0.1, -0.05) is 12.1 Å². The monoisotopic (exact) mass is 466 g/mol. The Labute approximate surface area is 196 Å². The topological polar surface area (TPSA) is 137 Å². The number of nitrogens with one attached hydrogen (secondary N) is 1. The molecule has 1 fully saturated rings. The van der Waals surface area contributed by atoms with Crippen molar-refractivity contribution in [2.75, 3.05) is 26.8 Å². The highest BCUT2D eigenvalue weighted by Crippen LogP contribution is 2.15. The van der Waals surface area contributed by atoms with Crippen LogP contribution < -0.4 is 10.1 Å². The molecule has 34 heavy (non-hydrogen) atoms. The molecule has 12 heteroatoms. The molecular formula is C22H26N8O4. The average Bonchev–Trinajstić information content (AvgIpc) is 3.31. The van der Waals surface area contributed by atoms with E-state index in [-0.39, 0.29) is 29.4 Å². The summed E-state index contributed by atoms with van der Waals surface area (Å²) in [6.07, 6.45) is -0.232. The van der Waals surface area contributed by atoms with Crippen LogP contribution >= 0.6 is 0 Å². The first-order chi connectivity index (χ1) is 16.4. The lowest BCUT2D eigenvalue weighted by atomic mass is 10.2. The van der Waals surface area contributed by atoms with Crippen molar-refractivity contribution in [3.8, 4) is 17.3 Å². The normalized spacial score (nSPS) is 15.7. The van der Waals surface area contributed by atoms with Crippen LogP contribution in [0.4, 0.5) is 0 Å². The number of aromatic nitrogens is 6. The van der Waals surface area contributed by atoms with Crippen LogP contribution in [0.2, 0.25) is 0 Å². The van der Waals surface area contributed by atoms with Crippen molar-refractivity contribution >= 4 is 11.8 Å². The van der Waals surface area contributed by atoms with E-state index in [1.54, 1.807) is 18.9 Å². The number of carbonyl (C=O) groups is 2. The van der Waals surface area contributed by atoms with E-state index in [2.05, 4.69) is 30.7 Å². The van der Waals surface area contributed by atoms with Crippen LogP contribution in [0.1, 0.15) is 28.8 Å².